The number of amides is 2. The molecule has 1 unspecified atom stereocenters. The van der Waals surface area contributed by atoms with Gasteiger partial charge in [-0.3, -0.25) is 10.1 Å². The molecule has 13 heteroatoms. The Hall–Kier alpha value is -1.75. The number of methoxy groups -OCH3 is 1. The van der Waals surface area contributed by atoms with E-state index in [1.54, 1.807) is 0 Å². The molecular weight excluding hydrogens is 429 g/mol. The van der Waals surface area contributed by atoms with Crippen LogP contribution in [0.15, 0.2) is 18.2 Å². The van der Waals surface area contributed by atoms with Gasteiger partial charge in [-0.2, -0.15) is 0 Å². The van der Waals surface area contributed by atoms with Crippen molar-refractivity contribution < 1.29 is 14.5 Å². The summed E-state index contributed by atoms with van der Waals surface area (Å²) < 4.78 is 3.01. The highest BCUT2D eigenvalue weighted by Crippen LogP contribution is 2.30. The molecule has 9 nitrogen and oxygen atoms in total. The van der Waals surface area contributed by atoms with Crippen LogP contribution in [0.3, 0.4) is 0 Å². The Labute approximate surface area is 170 Å². The first-order valence-corrected chi connectivity index (χ1v) is 8.44. The van der Waals surface area contributed by atoms with E-state index < -0.39 is 20.9 Å². The van der Waals surface area contributed by atoms with E-state index in [4.69, 9.17) is 51.8 Å². The Bertz CT molecular complexity index is 699. The molecule has 0 aromatic heterocycles. The molecule has 144 valence electrons. The van der Waals surface area contributed by atoms with E-state index in [0.717, 1.165) is 0 Å². The van der Waals surface area contributed by atoms with Crippen molar-refractivity contribution in [1.82, 2.24) is 15.5 Å². The lowest BCUT2D eigenvalue weighted by molar-refractivity contribution is -0.384. The summed E-state index contributed by atoms with van der Waals surface area (Å²) in [7, 11) is 4.39. The number of halogens is 3. The van der Waals surface area contributed by atoms with Crippen LogP contribution in [0.4, 0.5) is 16.2 Å². The molecule has 0 bridgehead atoms. The zero-order valence-electron chi connectivity index (χ0n) is 13.9. The first-order valence-electron chi connectivity index (χ1n) is 6.90. The van der Waals surface area contributed by atoms with Crippen LogP contribution in [0.25, 0.3) is 0 Å². The summed E-state index contributed by atoms with van der Waals surface area (Å²) in [5.41, 5.74) is -0.174. The third-order valence-corrected chi connectivity index (χ3v) is 3.80. The molecule has 1 aromatic rings. The largest absolute Gasteiger partial charge is 0.496 e. The van der Waals surface area contributed by atoms with Gasteiger partial charge in [-0.25, -0.2) is 4.79 Å². The van der Waals surface area contributed by atoms with E-state index in [2.05, 4.69) is 16.0 Å². The highest BCUT2D eigenvalue weighted by atomic mass is 35.6. The van der Waals surface area contributed by atoms with E-state index in [0.29, 0.717) is 5.75 Å². The Morgan fingerprint density at radius 2 is 1.96 bits per heavy atom. The molecule has 1 rings (SSSR count). The third-order valence-electron chi connectivity index (χ3n) is 2.93. The van der Waals surface area contributed by atoms with Gasteiger partial charge < -0.3 is 25.6 Å². The first-order chi connectivity index (χ1) is 12.0. The summed E-state index contributed by atoms with van der Waals surface area (Å²) in [5.74, 6) is 0.304. The Balaban J connectivity index is 2.95. The number of nitrogens with zero attached hydrogens (tertiary/aromatic N) is 2. The molecule has 0 saturated carbocycles. The number of rotatable bonds is 5. The van der Waals surface area contributed by atoms with Crippen molar-refractivity contribution in [1.29, 1.82) is 0 Å². The minimum atomic E-state index is -1.94. The van der Waals surface area contributed by atoms with Crippen molar-refractivity contribution in [2.45, 2.75) is 9.96 Å². The van der Waals surface area contributed by atoms with Crippen LogP contribution in [0.1, 0.15) is 0 Å². The van der Waals surface area contributed by atoms with Crippen LogP contribution < -0.4 is 20.7 Å². The number of thiocarbonyl (C=S) groups is 1. The number of hydrogen-bond donors (Lipinski definition) is 3. The Kier molecular flexibility index (Phi) is 7.94. The maximum atomic E-state index is 11.8. The summed E-state index contributed by atoms with van der Waals surface area (Å²) in [5, 5.41) is 18.7. The summed E-state index contributed by atoms with van der Waals surface area (Å²) in [6.45, 7) is 0. The minimum Gasteiger partial charge on any atom is -0.496 e. The van der Waals surface area contributed by atoms with E-state index in [1.165, 1.54) is 44.3 Å². The summed E-state index contributed by atoms with van der Waals surface area (Å²) in [6, 6.07) is 3.61. The molecule has 0 heterocycles. The lowest BCUT2D eigenvalue weighted by Crippen LogP contribution is -2.57. The fourth-order valence-corrected chi connectivity index (χ4v) is 2.19. The second-order valence-electron chi connectivity index (χ2n) is 5.06. The van der Waals surface area contributed by atoms with Gasteiger partial charge in [-0.05, 0) is 24.4 Å². The molecule has 0 fully saturated rings. The SMILES string of the molecule is COc1ccc(NC(=S)NC(NC(=O)N(C)C)C(Cl)(Cl)Cl)c([N+](=O)[O-])c1. The van der Waals surface area contributed by atoms with Gasteiger partial charge in [0.2, 0.25) is 3.79 Å². The number of urea groups is 1. The highest BCUT2D eigenvalue weighted by molar-refractivity contribution is 7.80. The number of nitrogens with one attached hydrogen (secondary N) is 3. The monoisotopic (exact) mass is 443 g/mol. The maximum absolute atomic E-state index is 11.8. The van der Waals surface area contributed by atoms with E-state index in [1.807, 2.05) is 0 Å². The quantitative estimate of drug-likeness (QED) is 0.211. The van der Waals surface area contributed by atoms with Crippen LogP contribution in [0.2, 0.25) is 0 Å². The van der Waals surface area contributed by atoms with Crippen molar-refractivity contribution in [2.75, 3.05) is 26.5 Å². The third kappa shape index (κ3) is 6.52. The molecule has 1 atom stereocenters. The molecule has 0 saturated heterocycles. The highest BCUT2D eigenvalue weighted by Gasteiger charge is 2.35. The molecule has 26 heavy (non-hydrogen) atoms. The Morgan fingerprint density at radius 3 is 2.42 bits per heavy atom. The second-order valence-corrected chi connectivity index (χ2v) is 7.83. The molecule has 0 aliphatic carbocycles. The average molecular weight is 445 g/mol. The number of hydrogen-bond acceptors (Lipinski definition) is 5. The smallest absolute Gasteiger partial charge is 0.318 e. The molecule has 2 amide bonds. The van der Waals surface area contributed by atoms with Crippen molar-refractivity contribution in [2.24, 2.45) is 0 Å². The van der Waals surface area contributed by atoms with Crippen LogP contribution in [-0.2, 0) is 0 Å². The average Bonchev–Trinajstić information content (AvgIpc) is 2.53. The van der Waals surface area contributed by atoms with E-state index in [-0.39, 0.29) is 16.5 Å². The molecule has 0 aliphatic rings. The predicted molar refractivity (Wildman–Crippen MR) is 105 cm³/mol. The molecule has 0 radical (unpaired) electrons. The summed E-state index contributed by atoms with van der Waals surface area (Å²) in [6.07, 6.45) is -1.19. The fraction of sp³-hybridized carbons (Fsp3) is 0.385. The topological polar surface area (TPSA) is 109 Å². The van der Waals surface area contributed by atoms with Crippen LogP contribution in [0, 0.1) is 10.1 Å². The van der Waals surface area contributed by atoms with Gasteiger partial charge in [0.15, 0.2) is 11.3 Å². The number of alkyl halides is 3. The number of nitro groups is 1. The number of ether oxygens (including phenoxy) is 1. The summed E-state index contributed by atoms with van der Waals surface area (Å²) in [4.78, 5) is 23.6. The normalized spacial score (nSPS) is 11.9. The van der Waals surface area contributed by atoms with Gasteiger partial charge in [0.1, 0.15) is 11.4 Å². The Morgan fingerprint density at radius 1 is 1.35 bits per heavy atom. The lowest BCUT2D eigenvalue weighted by atomic mass is 10.2. The van der Waals surface area contributed by atoms with Crippen molar-refractivity contribution in [3.8, 4) is 5.75 Å². The van der Waals surface area contributed by atoms with Gasteiger partial charge in [-0.1, -0.05) is 34.8 Å². The standard InChI is InChI=1S/C13H16Cl3N5O4S/c1-20(2)12(22)19-10(13(14,15)16)18-11(26)17-8-5-4-7(25-3)6-9(8)21(23)24/h4-6,10H,1-3H3,(H,19,22)(H2,17,18,26). The zero-order valence-corrected chi connectivity index (χ0v) is 17.0. The number of benzene rings is 1. The van der Waals surface area contributed by atoms with E-state index in [9.17, 15) is 14.9 Å². The zero-order chi connectivity index (χ0) is 20.1. The lowest BCUT2D eigenvalue weighted by Gasteiger charge is -2.28. The van der Waals surface area contributed by atoms with Gasteiger partial charge >= 0.3 is 6.03 Å². The van der Waals surface area contributed by atoms with Crippen LogP contribution in [0.5, 0.6) is 5.75 Å². The van der Waals surface area contributed by atoms with Crippen molar-refractivity contribution >= 4 is 69.5 Å². The van der Waals surface area contributed by atoms with Gasteiger partial charge in [0, 0.05) is 14.1 Å². The number of nitro benzene ring substituents is 1. The molecule has 0 aliphatic heterocycles. The number of carbonyl (C=O) groups is 1. The molecule has 1 aromatic carbocycles. The van der Waals surface area contributed by atoms with Crippen LogP contribution in [-0.4, -0.2) is 52.1 Å². The minimum absolute atomic E-state index is 0.0929. The molecule has 3 N–H and O–H groups in total. The van der Waals surface area contributed by atoms with E-state index >= 15 is 0 Å². The molecule has 0 spiro atoms. The number of anilines is 1. The second kappa shape index (κ2) is 9.26. The predicted octanol–water partition coefficient (Wildman–Crippen LogP) is 2.86. The fourth-order valence-electron chi connectivity index (χ4n) is 1.64. The van der Waals surface area contributed by atoms with Gasteiger partial charge in [-0.15, -0.1) is 0 Å². The summed E-state index contributed by atoms with van der Waals surface area (Å²) >= 11 is 22.6. The van der Waals surface area contributed by atoms with Crippen LogP contribution >= 0.6 is 47.0 Å². The van der Waals surface area contributed by atoms with Crippen molar-refractivity contribution in [3.63, 3.8) is 0 Å². The van der Waals surface area contributed by atoms with Gasteiger partial charge in [0.25, 0.3) is 5.69 Å². The van der Waals surface area contributed by atoms with Gasteiger partial charge in [0.05, 0.1) is 18.1 Å². The first kappa shape index (κ1) is 22.3. The van der Waals surface area contributed by atoms with Crippen molar-refractivity contribution in [3.05, 3.63) is 28.3 Å². The molecular formula is C13H16Cl3N5O4S. The number of carbonyl (C=O) groups excluding carboxylic acids is 1. The maximum Gasteiger partial charge on any atom is 0.318 e.